The summed E-state index contributed by atoms with van der Waals surface area (Å²) in [6.07, 6.45) is 5.41. The highest BCUT2D eigenvalue weighted by atomic mass is 16.5. The first-order valence-electron chi connectivity index (χ1n) is 8.85. The van der Waals surface area contributed by atoms with Crippen molar-refractivity contribution >= 4 is 17.5 Å². The maximum absolute atomic E-state index is 12.2. The van der Waals surface area contributed by atoms with Crippen molar-refractivity contribution in [2.24, 2.45) is 0 Å². The molecule has 0 radical (unpaired) electrons. The molecule has 0 spiro atoms. The number of carbonyl (C=O) groups is 1. The lowest BCUT2D eigenvalue weighted by atomic mass is 10.0. The second-order valence-corrected chi connectivity index (χ2v) is 6.51. The first-order chi connectivity index (χ1) is 13.6. The molecule has 4 aromatic rings. The normalized spacial score (nSPS) is 11.1. The van der Waals surface area contributed by atoms with E-state index in [4.69, 9.17) is 4.74 Å². The zero-order valence-electron chi connectivity index (χ0n) is 15.7. The SMILES string of the molecule is COCc1ccccc1-c1ccc2nc(NC(=O)Cn3cc(C)cn3)nn2c1. The molecule has 0 aliphatic carbocycles. The Balaban J connectivity index is 1.56. The molecule has 142 valence electrons. The number of methoxy groups -OCH3 is 1. The number of nitrogens with one attached hydrogen (secondary N) is 1. The number of aryl methyl sites for hydroxylation is 1. The molecule has 3 heterocycles. The third-order valence-electron chi connectivity index (χ3n) is 4.28. The Kier molecular flexibility index (Phi) is 4.86. The average Bonchev–Trinajstić information content (AvgIpc) is 3.26. The molecule has 1 N–H and O–H groups in total. The molecular weight excluding hydrogens is 356 g/mol. The zero-order chi connectivity index (χ0) is 19.5. The number of aromatic nitrogens is 5. The van der Waals surface area contributed by atoms with E-state index in [2.05, 4.69) is 20.5 Å². The van der Waals surface area contributed by atoms with E-state index < -0.39 is 0 Å². The van der Waals surface area contributed by atoms with Crippen molar-refractivity contribution in [3.8, 4) is 11.1 Å². The maximum Gasteiger partial charge on any atom is 0.249 e. The Hall–Kier alpha value is -3.52. The Labute approximate surface area is 161 Å². The van der Waals surface area contributed by atoms with E-state index in [9.17, 15) is 4.79 Å². The fourth-order valence-corrected chi connectivity index (χ4v) is 3.04. The van der Waals surface area contributed by atoms with Crippen LogP contribution in [0.1, 0.15) is 11.1 Å². The molecule has 28 heavy (non-hydrogen) atoms. The van der Waals surface area contributed by atoms with Gasteiger partial charge in [-0.1, -0.05) is 24.3 Å². The van der Waals surface area contributed by atoms with Gasteiger partial charge in [-0.15, -0.1) is 5.10 Å². The molecular formula is C20H20N6O2. The molecule has 0 saturated carbocycles. The van der Waals surface area contributed by atoms with Crippen LogP contribution in [0.2, 0.25) is 0 Å². The van der Waals surface area contributed by atoms with Gasteiger partial charge in [0.15, 0.2) is 5.65 Å². The number of hydrogen-bond acceptors (Lipinski definition) is 5. The van der Waals surface area contributed by atoms with E-state index in [-0.39, 0.29) is 18.4 Å². The smallest absolute Gasteiger partial charge is 0.249 e. The van der Waals surface area contributed by atoms with E-state index in [0.29, 0.717) is 12.3 Å². The molecule has 0 fully saturated rings. The third-order valence-corrected chi connectivity index (χ3v) is 4.28. The van der Waals surface area contributed by atoms with E-state index in [1.54, 1.807) is 28.7 Å². The summed E-state index contributed by atoms with van der Waals surface area (Å²) in [4.78, 5) is 16.6. The van der Waals surface area contributed by atoms with E-state index >= 15 is 0 Å². The Morgan fingerprint density at radius 3 is 2.82 bits per heavy atom. The number of pyridine rings is 1. The van der Waals surface area contributed by atoms with Crippen LogP contribution in [-0.4, -0.2) is 37.4 Å². The molecule has 3 aromatic heterocycles. The molecule has 8 heteroatoms. The second kappa shape index (κ2) is 7.61. The van der Waals surface area contributed by atoms with Gasteiger partial charge in [0.2, 0.25) is 11.9 Å². The van der Waals surface area contributed by atoms with Gasteiger partial charge in [-0.2, -0.15) is 10.1 Å². The summed E-state index contributed by atoms with van der Waals surface area (Å²) >= 11 is 0. The predicted molar refractivity (Wildman–Crippen MR) is 105 cm³/mol. The largest absolute Gasteiger partial charge is 0.380 e. The standard InChI is InChI=1S/C20H20N6O2/c1-14-9-21-25(10-14)12-19(27)23-20-22-18-8-7-15(11-26(18)24-20)17-6-4-3-5-16(17)13-28-2/h3-11H,12-13H2,1-2H3,(H,23,24,27). The molecule has 0 aliphatic rings. The van der Waals surface area contributed by atoms with Crippen molar-refractivity contribution in [3.63, 3.8) is 0 Å². The summed E-state index contributed by atoms with van der Waals surface area (Å²) in [6.45, 7) is 2.56. The zero-order valence-corrected chi connectivity index (χ0v) is 15.7. The van der Waals surface area contributed by atoms with Gasteiger partial charge in [-0.3, -0.25) is 14.8 Å². The molecule has 8 nitrogen and oxygen atoms in total. The minimum absolute atomic E-state index is 0.110. The molecule has 0 unspecified atom stereocenters. The van der Waals surface area contributed by atoms with E-state index in [1.165, 1.54) is 0 Å². The molecule has 0 aliphatic heterocycles. The fraction of sp³-hybridized carbons (Fsp3) is 0.200. The summed E-state index contributed by atoms with van der Waals surface area (Å²) in [5, 5.41) is 11.2. The van der Waals surface area contributed by atoms with Crippen molar-refractivity contribution in [1.82, 2.24) is 24.4 Å². The highest BCUT2D eigenvalue weighted by molar-refractivity contribution is 5.88. The van der Waals surface area contributed by atoms with Gasteiger partial charge in [0.1, 0.15) is 6.54 Å². The van der Waals surface area contributed by atoms with Gasteiger partial charge in [0, 0.05) is 25.1 Å². The summed E-state index contributed by atoms with van der Waals surface area (Å²) in [5.41, 5.74) is 4.81. The van der Waals surface area contributed by atoms with Crippen LogP contribution in [0.5, 0.6) is 0 Å². The van der Waals surface area contributed by atoms with Crippen LogP contribution in [0.3, 0.4) is 0 Å². The van der Waals surface area contributed by atoms with Crippen molar-refractivity contribution < 1.29 is 9.53 Å². The minimum Gasteiger partial charge on any atom is -0.380 e. The van der Waals surface area contributed by atoms with Crippen LogP contribution in [0.15, 0.2) is 55.0 Å². The number of anilines is 1. The molecule has 0 saturated heterocycles. The molecule has 0 atom stereocenters. The van der Waals surface area contributed by atoms with Crippen LogP contribution < -0.4 is 5.32 Å². The van der Waals surface area contributed by atoms with Gasteiger partial charge in [0.05, 0.1) is 12.8 Å². The van der Waals surface area contributed by atoms with Crippen molar-refractivity contribution in [1.29, 1.82) is 0 Å². The Morgan fingerprint density at radius 1 is 1.18 bits per heavy atom. The van der Waals surface area contributed by atoms with Crippen LogP contribution in [-0.2, 0) is 22.7 Å². The Morgan fingerprint density at radius 2 is 2.04 bits per heavy atom. The molecule has 1 aromatic carbocycles. The number of carbonyl (C=O) groups excluding carboxylic acids is 1. The highest BCUT2D eigenvalue weighted by Crippen LogP contribution is 2.24. The van der Waals surface area contributed by atoms with Crippen LogP contribution in [0.25, 0.3) is 16.8 Å². The van der Waals surface area contributed by atoms with Crippen molar-refractivity contribution in [2.45, 2.75) is 20.1 Å². The van der Waals surface area contributed by atoms with Gasteiger partial charge in [-0.05, 0) is 35.7 Å². The van der Waals surface area contributed by atoms with E-state index in [0.717, 1.165) is 22.3 Å². The third kappa shape index (κ3) is 3.77. The van der Waals surface area contributed by atoms with Crippen molar-refractivity contribution in [2.75, 3.05) is 12.4 Å². The topological polar surface area (TPSA) is 86.3 Å². The molecule has 0 bridgehead atoms. The van der Waals surface area contributed by atoms with Gasteiger partial charge in [0.25, 0.3) is 0 Å². The Bertz CT molecular complexity index is 1130. The summed E-state index contributed by atoms with van der Waals surface area (Å²) in [7, 11) is 1.68. The number of fused-ring (bicyclic) bond motifs is 1. The number of benzene rings is 1. The van der Waals surface area contributed by atoms with Gasteiger partial charge >= 0.3 is 0 Å². The number of rotatable bonds is 6. The lowest BCUT2D eigenvalue weighted by Gasteiger charge is -2.08. The lowest BCUT2D eigenvalue weighted by molar-refractivity contribution is -0.116. The van der Waals surface area contributed by atoms with Gasteiger partial charge in [-0.25, -0.2) is 4.52 Å². The van der Waals surface area contributed by atoms with Crippen LogP contribution in [0, 0.1) is 6.92 Å². The summed E-state index contributed by atoms with van der Waals surface area (Å²) in [5.74, 6) is 0.0286. The number of amides is 1. The molecule has 4 rings (SSSR count). The monoisotopic (exact) mass is 376 g/mol. The molecule has 1 amide bonds. The van der Waals surface area contributed by atoms with Crippen LogP contribution in [0.4, 0.5) is 5.95 Å². The number of ether oxygens (including phenoxy) is 1. The highest BCUT2D eigenvalue weighted by Gasteiger charge is 2.11. The number of nitrogens with zero attached hydrogens (tertiary/aromatic N) is 5. The lowest BCUT2D eigenvalue weighted by Crippen LogP contribution is -2.19. The average molecular weight is 376 g/mol. The van der Waals surface area contributed by atoms with E-state index in [1.807, 2.05) is 49.5 Å². The fourth-order valence-electron chi connectivity index (χ4n) is 3.04. The maximum atomic E-state index is 12.2. The first-order valence-corrected chi connectivity index (χ1v) is 8.85. The van der Waals surface area contributed by atoms with Gasteiger partial charge < -0.3 is 4.74 Å². The van der Waals surface area contributed by atoms with Crippen LogP contribution >= 0.6 is 0 Å². The predicted octanol–water partition coefficient (Wildman–Crippen LogP) is 2.69. The summed E-state index contributed by atoms with van der Waals surface area (Å²) in [6, 6.07) is 11.9. The summed E-state index contributed by atoms with van der Waals surface area (Å²) < 4.78 is 8.52. The second-order valence-electron chi connectivity index (χ2n) is 6.51. The number of hydrogen-bond donors (Lipinski definition) is 1. The minimum atomic E-state index is -0.232. The first kappa shape index (κ1) is 17.9. The van der Waals surface area contributed by atoms with Crippen molar-refractivity contribution in [3.05, 3.63) is 66.1 Å². The quantitative estimate of drug-likeness (QED) is 0.559.